The Morgan fingerprint density at radius 3 is 2.44 bits per heavy atom. The second kappa shape index (κ2) is 5.20. The van der Waals surface area contributed by atoms with Gasteiger partial charge in [-0.25, -0.2) is 0 Å². The van der Waals surface area contributed by atoms with Crippen LogP contribution in [0.1, 0.15) is 58.3 Å². The maximum Gasteiger partial charge on any atom is 0.239 e. The quantitative estimate of drug-likeness (QED) is 0.833. The number of hydrogen-bond donors (Lipinski definition) is 1. The number of amides is 1. The summed E-state index contributed by atoms with van der Waals surface area (Å²) < 4.78 is 0. The Labute approximate surface area is 110 Å². The summed E-state index contributed by atoms with van der Waals surface area (Å²) in [4.78, 5) is 14.7. The average Bonchev–Trinajstić information content (AvgIpc) is 3.17. The van der Waals surface area contributed by atoms with Crippen LogP contribution in [0.2, 0.25) is 0 Å². The van der Waals surface area contributed by atoms with E-state index in [1.807, 2.05) is 0 Å². The fourth-order valence-corrected chi connectivity index (χ4v) is 3.51. The molecule has 0 aromatic rings. The van der Waals surface area contributed by atoms with Crippen LogP contribution in [0.15, 0.2) is 0 Å². The zero-order chi connectivity index (χ0) is 12.5. The molecule has 3 heteroatoms. The van der Waals surface area contributed by atoms with E-state index in [0.29, 0.717) is 18.0 Å². The van der Waals surface area contributed by atoms with Crippen molar-refractivity contribution in [3.63, 3.8) is 0 Å². The fourth-order valence-electron chi connectivity index (χ4n) is 3.51. The lowest BCUT2D eigenvalue weighted by molar-refractivity contribution is -0.139. The molecular weight excluding hydrogens is 224 g/mol. The summed E-state index contributed by atoms with van der Waals surface area (Å²) in [5.41, 5.74) is 0. The van der Waals surface area contributed by atoms with E-state index in [0.717, 1.165) is 18.9 Å². The third-order valence-electron chi connectivity index (χ3n) is 4.91. The van der Waals surface area contributed by atoms with Gasteiger partial charge in [-0.1, -0.05) is 6.92 Å². The van der Waals surface area contributed by atoms with Gasteiger partial charge in [-0.05, 0) is 57.3 Å². The van der Waals surface area contributed by atoms with E-state index in [1.165, 1.54) is 44.9 Å². The van der Waals surface area contributed by atoms with E-state index in [9.17, 15) is 4.79 Å². The van der Waals surface area contributed by atoms with Crippen LogP contribution in [-0.4, -0.2) is 35.5 Å². The van der Waals surface area contributed by atoms with Crippen molar-refractivity contribution in [3.05, 3.63) is 0 Å². The molecule has 3 aliphatic rings. The number of likely N-dealkylation sites (tertiary alicyclic amines) is 1. The Bertz CT molecular complexity index is 306. The van der Waals surface area contributed by atoms with Crippen LogP contribution in [0.3, 0.4) is 0 Å². The Morgan fingerprint density at radius 2 is 1.78 bits per heavy atom. The maximum absolute atomic E-state index is 12.5. The van der Waals surface area contributed by atoms with E-state index in [2.05, 4.69) is 17.1 Å². The van der Waals surface area contributed by atoms with E-state index in [-0.39, 0.29) is 6.04 Å². The number of hydrogen-bond acceptors (Lipinski definition) is 2. The molecule has 1 N–H and O–H groups in total. The van der Waals surface area contributed by atoms with Crippen LogP contribution < -0.4 is 5.32 Å². The third kappa shape index (κ3) is 2.71. The summed E-state index contributed by atoms with van der Waals surface area (Å²) in [6.07, 6.45) is 9.82. The molecule has 0 aromatic carbocycles. The topological polar surface area (TPSA) is 32.3 Å². The first-order valence-electron chi connectivity index (χ1n) is 7.80. The number of rotatable bonds is 3. The molecule has 2 aliphatic carbocycles. The second-order valence-electron chi connectivity index (χ2n) is 6.58. The van der Waals surface area contributed by atoms with Crippen molar-refractivity contribution in [2.45, 2.75) is 76.4 Å². The fraction of sp³-hybridized carbons (Fsp3) is 0.933. The van der Waals surface area contributed by atoms with Gasteiger partial charge in [0.05, 0.1) is 6.04 Å². The first-order chi connectivity index (χ1) is 8.74. The highest BCUT2D eigenvalue weighted by Gasteiger charge is 2.36. The highest BCUT2D eigenvalue weighted by atomic mass is 16.2. The number of piperidine rings is 1. The van der Waals surface area contributed by atoms with Gasteiger partial charge in [-0.2, -0.15) is 0 Å². The van der Waals surface area contributed by atoms with Gasteiger partial charge in [0.15, 0.2) is 0 Å². The minimum Gasteiger partial charge on any atom is -0.338 e. The molecule has 3 fully saturated rings. The second-order valence-corrected chi connectivity index (χ2v) is 6.58. The van der Waals surface area contributed by atoms with Crippen LogP contribution in [-0.2, 0) is 4.79 Å². The lowest BCUT2D eigenvalue weighted by atomic mass is 9.85. The zero-order valence-electron chi connectivity index (χ0n) is 11.5. The Morgan fingerprint density at radius 1 is 1.06 bits per heavy atom. The van der Waals surface area contributed by atoms with Crippen molar-refractivity contribution in [2.75, 3.05) is 6.54 Å². The predicted octanol–water partition coefficient (Wildman–Crippen LogP) is 2.31. The zero-order valence-corrected chi connectivity index (χ0v) is 11.5. The smallest absolute Gasteiger partial charge is 0.239 e. The van der Waals surface area contributed by atoms with Gasteiger partial charge in [0.2, 0.25) is 5.91 Å². The monoisotopic (exact) mass is 250 g/mol. The van der Waals surface area contributed by atoms with Crippen LogP contribution in [0.5, 0.6) is 0 Å². The first kappa shape index (κ1) is 12.5. The van der Waals surface area contributed by atoms with Crippen molar-refractivity contribution < 1.29 is 4.79 Å². The van der Waals surface area contributed by atoms with Crippen LogP contribution >= 0.6 is 0 Å². The Hall–Kier alpha value is -0.570. The highest BCUT2D eigenvalue weighted by Crippen LogP contribution is 2.30. The number of nitrogens with zero attached hydrogens (tertiary/aromatic N) is 1. The number of carbonyl (C=O) groups is 1. The molecule has 0 radical (unpaired) electrons. The normalized spacial score (nSPS) is 37.9. The van der Waals surface area contributed by atoms with Crippen molar-refractivity contribution in [3.8, 4) is 0 Å². The van der Waals surface area contributed by atoms with E-state index >= 15 is 0 Å². The summed E-state index contributed by atoms with van der Waals surface area (Å²) in [6, 6.07) is 1.31. The van der Waals surface area contributed by atoms with E-state index in [4.69, 9.17) is 0 Å². The molecule has 0 bridgehead atoms. The van der Waals surface area contributed by atoms with Crippen LogP contribution in [0, 0.1) is 5.92 Å². The molecule has 0 aromatic heterocycles. The Balaban J connectivity index is 1.58. The highest BCUT2D eigenvalue weighted by molar-refractivity contribution is 5.83. The SMILES string of the molecule is CC1CCC(N2CCCC(NC3CC3)C2=O)CC1. The molecular formula is C15H26N2O. The largest absolute Gasteiger partial charge is 0.338 e. The molecule has 1 heterocycles. The summed E-state index contributed by atoms with van der Waals surface area (Å²) in [6.45, 7) is 3.34. The number of carbonyl (C=O) groups excluding carboxylic acids is 1. The lowest BCUT2D eigenvalue weighted by Gasteiger charge is -2.41. The van der Waals surface area contributed by atoms with E-state index in [1.54, 1.807) is 0 Å². The Kier molecular flexibility index (Phi) is 3.60. The molecule has 1 amide bonds. The van der Waals surface area contributed by atoms with Crippen molar-refractivity contribution in [1.82, 2.24) is 10.2 Å². The van der Waals surface area contributed by atoms with E-state index < -0.39 is 0 Å². The van der Waals surface area contributed by atoms with Gasteiger partial charge in [0, 0.05) is 18.6 Å². The standard InChI is InChI=1S/C15H26N2O/c1-11-4-8-13(9-5-11)17-10-2-3-14(15(17)18)16-12-6-7-12/h11-14,16H,2-10H2,1H3. The maximum atomic E-state index is 12.5. The predicted molar refractivity (Wildman–Crippen MR) is 72.3 cm³/mol. The molecule has 3 rings (SSSR count). The minimum absolute atomic E-state index is 0.130. The lowest BCUT2D eigenvalue weighted by Crippen LogP contribution is -2.55. The summed E-state index contributed by atoms with van der Waals surface area (Å²) in [7, 11) is 0. The molecule has 3 nitrogen and oxygen atoms in total. The molecule has 2 saturated carbocycles. The van der Waals surface area contributed by atoms with Gasteiger partial charge >= 0.3 is 0 Å². The molecule has 1 saturated heterocycles. The van der Waals surface area contributed by atoms with Crippen molar-refractivity contribution >= 4 is 5.91 Å². The summed E-state index contributed by atoms with van der Waals surface area (Å²) in [5, 5.41) is 3.53. The molecule has 1 atom stereocenters. The van der Waals surface area contributed by atoms with Crippen molar-refractivity contribution in [2.24, 2.45) is 5.92 Å². The van der Waals surface area contributed by atoms with Crippen LogP contribution in [0.25, 0.3) is 0 Å². The molecule has 1 aliphatic heterocycles. The summed E-state index contributed by atoms with van der Waals surface area (Å²) in [5.74, 6) is 1.26. The molecule has 1 unspecified atom stereocenters. The van der Waals surface area contributed by atoms with Gasteiger partial charge in [-0.3, -0.25) is 4.79 Å². The van der Waals surface area contributed by atoms with Gasteiger partial charge in [-0.15, -0.1) is 0 Å². The summed E-state index contributed by atoms with van der Waals surface area (Å²) >= 11 is 0. The number of nitrogens with one attached hydrogen (secondary N) is 1. The van der Waals surface area contributed by atoms with Crippen molar-refractivity contribution in [1.29, 1.82) is 0 Å². The third-order valence-corrected chi connectivity index (χ3v) is 4.91. The van der Waals surface area contributed by atoms with Gasteiger partial charge in [0.1, 0.15) is 0 Å². The average molecular weight is 250 g/mol. The molecule has 18 heavy (non-hydrogen) atoms. The minimum atomic E-state index is 0.130. The first-order valence-corrected chi connectivity index (χ1v) is 7.80. The molecule has 0 spiro atoms. The molecule has 102 valence electrons. The van der Waals surface area contributed by atoms with Crippen LogP contribution in [0.4, 0.5) is 0 Å². The van der Waals surface area contributed by atoms with Gasteiger partial charge < -0.3 is 10.2 Å². The van der Waals surface area contributed by atoms with Gasteiger partial charge in [0.25, 0.3) is 0 Å².